The third kappa shape index (κ3) is 3.59. The summed E-state index contributed by atoms with van der Waals surface area (Å²) in [6.45, 7) is 4.73. The molecule has 4 heteroatoms. The van der Waals surface area contributed by atoms with Crippen LogP contribution < -0.4 is 11.1 Å². The molecule has 2 aliphatic rings. The first kappa shape index (κ1) is 16.5. The second kappa shape index (κ2) is 7.02. The number of nitrogens with two attached hydrogens (primary N) is 1. The molecular formula is C19H29N3O. The number of nitrogens with zero attached hydrogens (tertiary/aromatic N) is 1. The Morgan fingerprint density at radius 1 is 1.30 bits per heavy atom. The quantitative estimate of drug-likeness (QED) is 0.845. The molecule has 2 aliphatic carbocycles. The second-order valence-electron chi connectivity index (χ2n) is 7.30. The molecule has 3 rings (SSSR count). The highest BCUT2D eigenvalue weighted by molar-refractivity contribution is 5.80. The van der Waals surface area contributed by atoms with E-state index in [0.29, 0.717) is 18.4 Å². The van der Waals surface area contributed by atoms with Crippen molar-refractivity contribution in [2.24, 2.45) is 23.5 Å². The second-order valence-corrected chi connectivity index (χ2v) is 7.30. The van der Waals surface area contributed by atoms with E-state index >= 15 is 0 Å². The van der Waals surface area contributed by atoms with Crippen molar-refractivity contribution in [2.75, 3.05) is 13.6 Å². The van der Waals surface area contributed by atoms with Crippen LogP contribution in [0.15, 0.2) is 24.3 Å². The van der Waals surface area contributed by atoms with Gasteiger partial charge in [0.15, 0.2) is 0 Å². The molecule has 2 saturated carbocycles. The highest BCUT2D eigenvalue weighted by Crippen LogP contribution is 2.47. The van der Waals surface area contributed by atoms with Crippen molar-refractivity contribution in [1.29, 1.82) is 0 Å². The summed E-state index contributed by atoms with van der Waals surface area (Å²) in [7, 11) is 2.12. The van der Waals surface area contributed by atoms with Crippen molar-refractivity contribution in [3.63, 3.8) is 0 Å². The molecule has 0 spiro atoms. The molecule has 0 aliphatic heterocycles. The lowest BCUT2D eigenvalue weighted by Gasteiger charge is -2.27. The molecule has 0 aromatic heterocycles. The van der Waals surface area contributed by atoms with Crippen LogP contribution in [0.25, 0.3) is 0 Å². The highest BCUT2D eigenvalue weighted by atomic mass is 16.1. The van der Waals surface area contributed by atoms with Crippen LogP contribution in [-0.4, -0.2) is 30.4 Å². The number of hydrogen-bond donors (Lipinski definition) is 2. The minimum Gasteiger partial charge on any atom is -0.352 e. The number of amides is 1. The molecule has 23 heavy (non-hydrogen) atoms. The Morgan fingerprint density at radius 3 is 2.74 bits per heavy atom. The molecule has 0 heterocycles. The number of carbonyl (C=O) groups is 1. The van der Waals surface area contributed by atoms with Gasteiger partial charge in [-0.05, 0) is 55.8 Å². The SMILES string of the molecule is CCN(C)Cc1cccc(CNC(=O)C2C3CCC(C3)C2N)c1. The Balaban J connectivity index is 1.56. The summed E-state index contributed by atoms with van der Waals surface area (Å²) in [5, 5.41) is 3.12. The zero-order valence-corrected chi connectivity index (χ0v) is 14.3. The minimum absolute atomic E-state index is 0.0307. The Hall–Kier alpha value is -1.39. The maximum absolute atomic E-state index is 12.5. The molecule has 0 radical (unpaired) electrons. The number of hydrogen-bond acceptors (Lipinski definition) is 3. The molecule has 4 unspecified atom stereocenters. The number of benzene rings is 1. The number of rotatable bonds is 6. The van der Waals surface area contributed by atoms with E-state index in [9.17, 15) is 4.79 Å². The monoisotopic (exact) mass is 315 g/mol. The van der Waals surface area contributed by atoms with Gasteiger partial charge in [-0.3, -0.25) is 4.79 Å². The average molecular weight is 315 g/mol. The fraction of sp³-hybridized carbons (Fsp3) is 0.632. The van der Waals surface area contributed by atoms with Gasteiger partial charge < -0.3 is 16.0 Å². The highest BCUT2D eigenvalue weighted by Gasteiger charge is 2.48. The molecule has 3 N–H and O–H groups in total. The van der Waals surface area contributed by atoms with Crippen LogP contribution in [0.1, 0.15) is 37.3 Å². The van der Waals surface area contributed by atoms with E-state index in [1.807, 2.05) is 0 Å². The zero-order valence-electron chi connectivity index (χ0n) is 14.3. The van der Waals surface area contributed by atoms with Crippen molar-refractivity contribution in [2.45, 2.75) is 45.3 Å². The van der Waals surface area contributed by atoms with Gasteiger partial charge in [-0.15, -0.1) is 0 Å². The zero-order chi connectivity index (χ0) is 16.4. The van der Waals surface area contributed by atoms with Crippen molar-refractivity contribution < 1.29 is 4.79 Å². The lowest BCUT2D eigenvalue weighted by atomic mass is 9.84. The van der Waals surface area contributed by atoms with Gasteiger partial charge in [-0.1, -0.05) is 31.2 Å². The van der Waals surface area contributed by atoms with E-state index in [1.54, 1.807) is 0 Å². The van der Waals surface area contributed by atoms with Crippen LogP contribution >= 0.6 is 0 Å². The third-order valence-corrected chi connectivity index (χ3v) is 5.73. The van der Waals surface area contributed by atoms with Gasteiger partial charge in [-0.2, -0.15) is 0 Å². The summed E-state index contributed by atoms with van der Waals surface area (Å²) in [5.74, 6) is 1.27. The van der Waals surface area contributed by atoms with Crippen molar-refractivity contribution in [1.82, 2.24) is 10.2 Å². The summed E-state index contributed by atoms with van der Waals surface area (Å²) in [5.41, 5.74) is 8.72. The van der Waals surface area contributed by atoms with E-state index in [2.05, 4.69) is 48.5 Å². The smallest absolute Gasteiger partial charge is 0.225 e. The maximum Gasteiger partial charge on any atom is 0.225 e. The molecule has 1 aromatic rings. The summed E-state index contributed by atoms with van der Waals surface area (Å²) in [6, 6.07) is 8.55. The van der Waals surface area contributed by atoms with Gasteiger partial charge in [0, 0.05) is 19.1 Å². The van der Waals surface area contributed by atoms with E-state index in [0.717, 1.165) is 25.1 Å². The fourth-order valence-electron chi connectivity index (χ4n) is 4.29. The Labute approximate surface area is 139 Å². The molecular weight excluding hydrogens is 286 g/mol. The van der Waals surface area contributed by atoms with Crippen LogP contribution in [0, 0.1) is 17.8 Å². The molecule has 126 valence electrons. The van der Waals surface area contributed by atoms with Gasteiger partial charge in [0.05, 0.1) is 5.92 Å². The van der Waals surface area contributed by atoms with Crippen molar-refractivity contribution >= 4 is 5.91 Å². The van der Waals surface area contributed by atoms with E-state index in [1.165, 1.54) is 18.4 Å². The van der Waals surface area contributed by atoms with Gasteiger partial charge in [0.2, 0.25) is 5.91 Å². The Bertz CT molecular complexity index is 557. The minimum atomic E-state index is 0.0307. The average Bonchev–Trinajstić information content (AvgIpc) is 3.14. The Morgan fingerprint density at radius 2 is 2.04 bits per heavy atom. The summed E-state index contributed by atoms with van der Waals surface area (Å²) >= 11 is 0. The molecule has 0 saturated heterocycles. The predicted octanol–water partition coefficient (Wildman–Crippen LogP) is 2.13. The fourth-order valence-corrected chi connectivity index (χ4v) is 4.29. The number of nitrogens with one attached hydrogen (secondary N) is 1. The first-order chi connectivity index (χ1) is 11.1. The molecule has 1 aromatic carbocycles. The first-order valence-corrected chi connectivity index (χ1v) is 8.88. The maximum atomic E-state index is 12.5. The summed E-state index contributed by atoms with van der Waals surface area (Å²) in [6.07, 6.45) is 3.54. The van der Waals surface area contributed by atoms with Crippen LogP contribution in [0.3, 0.4) is 0 Å². The largest absolute Gasteiger partial charge is 0.352 e. The lowest BCUT2D eigenvalue weighted by Crippen LogP contribution is -2.45. The van der Waals surface area contributed by atoms with E-state index in [4.69, 9.17) is 5.73 Å². The normalized spacial score (nSPS) is 29.2. The van der Waals surface area contributed by atoms with Crippen LogP contribution in [0.2, 0.25) is 0 Å². The van der Waals surface area contributed by atoms with Crippen LogP contribution in [-0.2, 0) is 17.9 Å². The number of carbonyl (C=O) groups excluding carboxylic acids is 1. The molecule has 2 fully saturated rings. The van der Waals surface area contributed by atoms with Crippen LogP contribution in [0.5, 0.6) is 0 Å². The molecule has 2 bridgehead atoms. The molecule has 1 amide bonds. The molecule has 4 atom stereocenters. The Kier molecular flexibility index (Phi) is 5.02. The van der Waals surface area contributed by atoms with Crippen molar-refractivity contribution in [3.8, 4) is 0 Å². The predicted molar refractivity (Wildman–Crippen MR) is 92.6 cm³/mol. The summed E-state index contributed by atoms with van der Waals surface area (Å²) < 4.78 is 0. The van der Waals surface area contributed by atoms with Gasteiger partial charge in [-0.25, -0.2) is 0 Å². The van der Waals surface area contributed by atoms with E-state index in [-0.39, 0.29) is 17.9 Å². The van der Waals surface area contributed by atoms with Crippen LogP contribution in [0.4, 0.5) is 0 Å². The number of fused-ring (bicyclic) bond motifs is 2. The standard InChI is InChI=1S/C19H29N3O/c1-3-22(2)12-14-6-4-5-13(9-14)11-21-19(23)17-15-7-8-16(10-15)18(17)20/h4-6,9,15-18H,3,7-8,10-12,20H2,1-2H3,(H,21,23). The van der Waals surface area contributed by atoms with Gasteiger partial charge >= 0.3 is 0 Å². The third-order valence-electron chi connectivity index (χ3n) is 5.73. The van der Waals surface area contributed by atoms with Crippen molar-refractivity contribution in [3.05, 3.63) is 35.4 Å². The lowest BCUT2D eigenvalue weighted by molar-refractivity contribution is -0.127. The first-order valence-electron chi connectivity index (χ1n) is 8.88. The van der Waals surface area contributed by atoms with Gasteiger partial charge in [0.1, 0.15) is 0 Å². The summed E-state index contributed by atoms with van der Waals surface area (Å²) in [4.78, 5) is 14.8. The van der Waals surface area contributed by atoms with Gasteiger partial charge in [0.25, 0.3) is 0 Å². The topological polar surface area (TPSA) is 58.4 Å². The van der Waals surface area contributed by atoms with E-state index < -0.39 is 0 Å². The molecule has 4 nitrogen and oxygen atoms in total.